The van der Waals surface area contributed by atoms with Crippen molar-refractivity contribution in [3.63, 3.8) is 0 Å². The van der Waals surface area contributed by atoms with Gasteiger partial charge in [-0.2, -0.15) is 0 Å². The summed E-state index contributed by atoms with van der Waals surface area (Å²) < 4.78 is 27.1. The van der Waals surface area contributed by atoms with Gasteiger partial charge in [0.2, 0.25) is 0 Å². The summed E-state index contributed by atoms with van der Waals surface area (Å²) in [4.78, 5) is 4.68. The molecule has 0 radical (unpaired) electrons. The lowest BCUT2D eigenvalue weighted by Gasteiger charge is -2.52. The van der Waals surface area contributed by atoms with Crippen molar-refractivity contribution >= 4 is 0 Å². The molecule has 0 bridgehead atoms. The van der Waals surface area contributed by atoms with Gasteiger partial charge in [0.25, 0.3) is 0 Å². The Morgan fingerprint density at radius 1 is 0.929 bits per heavy atom. The van der Waals surface area contributed by atoms with Crippen molar-refractivity contribution in [1.29, 1.82) is 0 Å². The second-order valence-electron chi connectivity index (χ2n) is 8.71. The van der Waals surface area contributed by atoms with Gasteiger partial charge in [-0.3, -0.25) is 9.80 Å². The van der Waals surface area contributed by atoms with Gasteiger partial charge in [-0.15, -0.1) is 0 Å². The van der Waals surface area contributed by atoms with Crippen LogP contribution < -0.4 is 0 Å². The van der Waals surface area contributed by atoms with Crippen molar-refractivity contribution in [2.24, 2.45) is 0 Å². The predicted octanol–water partition coefficient (Wildman–Crippen LogP) is 4.22. The van der Waals surface area contributed by atoms with E-state index in [1.807, 2.05) is 0 Å². The predicted molar refractivity (Wildman–Crippen MR) is 108 cm³/mol. The van der Waals surface area contributed by atoms with Crippen LogP contribution in [0.5, 0.6) is 0 Å². The van der Waals surface area contributed by atoms with Crippen LogP contribution in [0.25, 0.3) is 0 Å². The van der Waals surface area contributed by atoms with Gasteiger partial charge in [-0.05, 0) is 63.1 Å². The Bertz CT molecular complexity index is 725. The molecule has 2 aromatic carbocycles. The molecule has 0 aromatic heterocycles. The molecule has 0 spiro atoms. The molecule has 1 N–H and O–H groups in total. The van der Waals surface area contributed by atoms with Crippen molar-refractivity contribution in [2.45, 2.75) is 51.4 Å². The van der Waals surface area contributed by atoms with Crippen LogP contribution in [0, 0.1) is 11.6 Å². The summed E-state index contributed by atoms with van der Waals surface area (Å²) in [6, 6.07) is 12.9. The van der Waals surface area contributed by atoms with E-state index in [0.717, 1.165) is 24.2 Å². The minimum atomic E-state index is -0.286. The summed E-state index contributed by atoms with van der Waals surface area (Å²) in [6.07, 6.45) is 0. The topological polar surface area (TPSA) is 26.7 Å². The Morgan fingerprint density at radius 2 is 1.39 bits per heavy atom. The lowest BCUT2D eigenvalue weighted by molar-refractivity contribution is -0.0445. The monoisotopic (exact) mass is 388 g/mol. The van der Waals surface area contributed by atoms with Crippen molar-refractivity contribution in [2.75, 3.05) is 19.7 Å². The van der Waals surface area contributed by atoms with Gasteiger partial charge in [0.15, 0.2) is 0 Å². The number of nitrogens with zero attached hydrogens (tertiary/aromatic N) is 2. The smallest absolute Gasteiger partial charge is 0.123 e. The van der Waals surface area contributed by atoms with Crippen LogP contribution in [0.2, 0.25) is 0 Å². The standard InChI is InChI=1S/C23H30F2N2O/c1-16-13-26(21(15-28)14-27(16)23(2,3)4)22(17-5-9-19(24)10-6-17)18-7-11-20(25)12-8-18/h5-12,16,21-22,28H,13-15H2,1-4H3/t16-,21-/m1/s1. The molecule has 0 amide bonds. The number of hydrogen-bond acceptors (Lipinski definition) is 3. The number of rotatable bonds is 4. The molecular formula is C23H30F2N2O. The Morgan fingerprint density at radius 3 is 1.79 bits per heavy atom. The number of aliphatic hydroxyl groups excluding tert-OH is 1. The van der Waals surface area contributed by atoms with Crippen molar-refractivity contribution in [1.82, 2.24) is 9.80 Å². The molecule has 28 heavy (non-hydrogen) atoms. The second-order valence-corrected chi connectivity index (χ2v) is 8.71. The van der Waals surface area contributed by atoms with E-state index in [4.69, 9.17) is 0 Å². The Labute approximate surface area is 166 Å². The molecule has 1 aliphatic rings. The van der Waals surface area contributed by atoms with E-state index in [1.165, 1.54) is 24.3 Å². The first-order chi connectivity index (χ1) is 13.2. The lowest BCUT2D eigenvalue weighted by Crippen LogP contribution is -2.63. The van der Waals surface area contributed by atoms with Crippen LogP contribution in [0.1, 0.15) is 44.9 Å². The lowest BCUT2D eigenvalue weighted by atomic mass is 9.91. The molecule has 2 aromatic rings. The van der Waals surface area contributed by atoms with Crippen LogP contribution in [0.4, 0.5) is 8.78 Å². The van der Waals surface area contributed by atoms with E-state index in [9.17, 15) is 13.9 Å². The highest BCUT2D eigenvalue weighted by atomic mass is 19.1. The molecule has 5 heteroatoms. The van der Waals surface area contributed by atoms with Crippen molar-refractivity contribution in [3.8, 4) is 0 Å². The fourth-order valence-corrected chi connectivity index (χ4v) is 4.34. The summed E-state index contributed by atoms with van der Waals surface area (Å²) in [7, 11) is 0. The minimum absolute atomic E-state index is 0.000173. The number of benzene rings is 2. The number of halogens is 2. The molecule has 1 saturated heterocycles. The van der Waals surface area contributed by atoms with E-state index in [-0.39, 0.29) is 41.9 Å². The molecule has 3 rings (SSSR count). The highest BCUT2D eigenvalue weighted by molar-refractivity contribution is 5.33. The summed E-state index contributed by atoms with van der Waals surface area (Å²) in [6.45, 7) is 10.3. The summed E-state index contributed by atoms with van der Waals surface area (Å²) in [5.74, 6) is -0.572. The quantitative estimate of drug-likeness (QED) is 0.850. The third-order valence-corrected chi connectivity index (χ3v) is 5.66. The molecule has 1 fully saturated rings. The van der Waals surface area contributed by atoms with E-state index in [2.05, 4.69) is 37.5 Å². The summed E-state index contributed by atoms with van der Waals surface area (Å²) in [5.41, 5.74) is 1.87. The van der Waals surface area contributed by atoms with Crippen molar-refractivity contribution in [3.05, 3.63) is 71.3 Å². The van der Waals surface area contributed by atoms with Crippen LogP contribution in [-0.2, 0) is 0 Å². The third-order valence-electron chi connectivity index (χ3n) is 5.66. The highest BCUT2D eigenvalue weighted by Gasteiger charge is 2.40. The fraction of sp³-hybridized carbons (Fsp3) is 0.478. The summed E-state index contributed by atoms with van der Waals surface area (Å²) in [5, 5.41) is 10.2. The van der Waals surface area contributed by atoms with Gasteiger partial charge in [0, 0.05) is 30.7 Å². The van der Waals surface area contributed by atoms with Gasteiger partial charge in [0.1, 0.15) is 11.6 Å². The average Bonchev–Trinajstić information content (AvgIpc) is 2.64. The molecule has 1 aliphatic heterocycles. The van der Waals surface area contributed by atoms with E-state index >= 15 is 0 Å². The Hall–Kier alpha value is -1.82. The zero-order valence-electron chi connectivity index (χ0n) is 17.1. The highest BCUT2D eigenvalue weighted by Crippen LogP contribution is 2.35. The Kier molecular flexibility index (Phi) is 6.18. The van der Waals surface area contributed by atoms with Gasteiger partial charge in [-0.25, -0.2) is 8.78 Å². The number of aliphatic hydroxyl groups is 1. The maximum Gasteiger partial charge on any atom is 0.123 e. The normalized spacial score (nSPS) is 22.0. The average molecular weight is 389 g/mol. The minimum Gasteiger partial charge on any atom is -0.395 e. The molecule has 3 nitrogen and oxygen atoms in total. The summed E-state index contributed by atoms with van der Waals surface area (Å²) >= 11 is 0. The number of hydrogen-bond donors (Lipinski definition) is 1. The van der Waals surface area contributed by atoms with Crippen LogP contribution in [-0.4, -0.2) is 52.2 Å². The largest absolute Gasteiger partial charge is 0.395 e. The molecule has 1 heterocycles. The van der Waals surface area contributed by atoms with Gasteiger partial charge in [0.05, 0.1) is 12.6 Å². The van der Waals surface area contributed by atoms with Crippen LogP contribution in [0.3, 0.4) is 0 Å². The van der Waals surface area contributed by atoms with Gasteiger partial charge < -0.3 is 5.11 Å². The fourth-order valence-electron chi connectivity index (χ4n) is 4.34. The van der Waals surface area contributed by atoms with E-state index < -0.39 is 0 Å². The molecule has 2 atom stereocenters. The van der Waals surface area contributed by atoms with Crippen LogP contribution in [0.15, 0.2) is 48.5 Å². The Balaban J connectivity index is 2.01. The molecule has 152 valence electrons. The maximum absolute atomic E-state index is 13.5. The van der Waals surface area contributed by atoms with E-state index in [1.54, 1.807) is 24.3 Å². The first-order valence-corrected chi connectivity index (χ1v) is 9.85. The molecule has 0 aliphatic carbocycles. The second kappa shape index (κ2) is 8.27. The third kappa shape index (κ3) is 4.43. The van der Waals surface area contributed by atoms with E-state index in [0.29, 0.717) is 0 Å². The molecule has 0 unspecified atom stereocenters. The zero-order chi connectivity index (χ0) is 20.5. The first-order valence-electron chi connectivity index (χ1n) is 9.85. The maximum atomic E-state index is 13.5. The molecular weight excluding hydrogens is 358 g/mol. The van der Waals surface area contributed by atoms with Crippen molar-refractivity contribution < 1.29 is 13.9 Å². The molecule has 0 saturated carbocycles. The number of piperazine rings is 1. The van der Waals surface area contributed by atoms with Gasteiger partial charge >= 0.3 is 0 Å². The SMILES string of the molecule is C[C@@H]1CN(C(c2ccc(F)cc2)c2ccc(F)cc2)[C@@H](CO)CN1C(C)(C)C. The zero-order valence-corrected chi connectivity index (χ0v) is 17.1. The van der Waals surface area contributed by atoms with Crippen LogP contribution >= 0.6 is 0 Å². The van der Waals surface area contributed by atoms with Gasteiger partial charge in [-0.1, -0.05) is 24.3 Å². The first kappa shape index (κ1) is 20.9.